The number of rotatable bonds is 2. The summed E-state index contributed by atoms with van der Waals surface area (Å²) >= 11 is 0. The maximum Gasteiger partial charge on any atom is 0.164 e. The van der Waals surface area contributed by atoms with Gasteiger partial charge in [0.1, 0.15) is 0 Å². The normalized spacial score (nSPS) is 24.3. The molecule has 0 saturated heterocycles. The summed E-state index contributed by atoms with van der Waals surface area (Å²) in [4.78, 5) is 0. The fraction of sp³-hybridized carbons (Fsp3) is 0.100. The fourth-order valence-corrected chi connectivity index (χ4v) is 1.39. The first-order valence-electron chi connectivity index (χ1n) is 4.07. The summed E-state index contributed by atoms with van der Waals surface area (Å²) in [6, 6.07) is 10.8. The van der Waals surface area contributed by atoms with E-state index < -0.39 is 5.54 Å². The molecule has 0 bridgehead atoms. The summed E-state index contributed by atoms with van der Waals surface area (Å²) in [7, 11) is 0. The van der Waals surface area contributed by atoms with Gasteiger partial charge in [-0.1, -0.05) is 30.3 Å². The van der Waals surface area contributed by atoms with E-state index in [4.69, 9.17) is 10.5 Å². The van der Waals surface area contributed by atoms with Crippen molar-refractivity contribution < 1.29 is 5.21 Å². The maximum atomic E-state index is 10.7. The molecule has 0 radical (unpaired) electrons. The van der Waals surface area contributed by atoms with Crippen LogP contribution < -0.4 is 0 Å². The Bertz CT molecular complexity index is 419. The lowest BCUT2D eigenvalue weighted by molar-refractivity contribution is -0.0611. The summed E-state index contributed by atoms with van der Waals surface area (Å²) in [5, 5.41) is 28.0. The van der Waals surface area contributed by atoms with E-state index in [-0.39, 0.29) is 5.23 Å². The molecule has 0 amide bonds. The molecule has 4 nitrogen and oxygen atoms in total. The average molecular weight is 187 g/mol. The van der Waals surface area contributed by atoms with E-state index in [1.54, 1.807) is 18.2 Å². The molecule has 14 heavy (non-hydrogen) atoms. The highest BCUT2D eigenvalue weighted by Gasteiger charge is 2.46. The predicted octanol–water partition coefficient (Wildman–Crippen LogP) is 1.53. The van der Waals surface area contributed by atoms with Crippen LogP contribution in [0.3, 0.4) is 0 Å². The molecule has 1 aliphatic carbocycles. The Labute approximate surface area is 80.8 Å². The van der Waals surface area contributed by atoms with Crippen LogP contribution in [0.2, 0.25) is 0 Å². The van der Waals surface area contributed by atoms with Gasteiger partial charge in [0.15, 0.2) is 5.54 Å². The van der Waals surface area contributed by atoms with Gasteiger partial charge in [0, 0.05) is 0 Å². The molecular weight excluding hydrogens is 180 g/mol. The number of hydrogen-bond acceptors (Lipinski definition) is 4. The Kier molecular flexibility index (Phi) is 1.86. The fourth-order valence-electron chi connectivity index (χ4n) is 1.39. The van der Waals surface area contributed by atoms with Crippen molar-refractivity contribution in [3.05, 3.63) is 47.2 Å². The molecule has 0 saturated carbocycles. The summed E-state index contributed by atoms with van der Waals surface area (Å²) in [5.74, 6) is 0. The largest absolute Gasteiger partial charge is 0.760 e. The molecule has 1 aromatic carbocycles. The highest BCUT2D eigenvalue weighted by Crippen LogP contribution is 2.45. The van der Waals surface area contributed by atoms with Gasteiger partial charge in [-0.25, -0.2) is 5.23 Å². The molecule has 1 unspecified atom stereocenters. The zero-order valence-electron chi connectivity index (χ0n) is 7.21. The lowest BCUT2D eigenvalue weighted by Gasteiger charge is -2.26. The lowest BCUT2D eigenvalue weighted by Crippen LogP contribution is -2.30. The number of nitriles is 1. The number of benzene rings is 1. The van der Waals surface area contributed by atoms with Crippen LogP contribution >= 0.6 is 0 Å². The zero-order chi connectivity index (χ0) is 10.2. The number of hydroxylamine groups is 2. The molecule has 2 rings (SSSR count). The third kappa shape index (κ3) is 1.12. The highest BCUT2D eigenvalue weighted by molar-refractivity contribution is 5.92. The second kappa shape index (κ2) is 2.93. The molecular formula is C10H7N2O2-. The Hall–Kier alpha value is -1.67. The number of hydrogen-bond donors (Lipinski definition) is 1. The van der Waals surface area contributed by atoms with Crippen molar-refractivity contribution in [1.82, 2.24) is 5.23 Å². The lowest BCUT2D eigenvalue weighted by atomic mass is 10.1. The minimum atomic E-state index is -1.46. The third-order valence-corrected chi connectivity index (χ3v) is 2.24. The Morgan fingerprint density at radius 3 is 2.43 bits per heavy atom. The van der Waals surface area contributed by atoms with Gasteiger partial charge in [-0.05, 0) is 17.2 Å². The van der Waals surface area contributed by atoms with E-state index >= 15 is 0 Å². The van der Waals surface area contributed by atoms with Gasteiger partial charge in [-0.2, -0.15) is 5.26 Å². The molecule has 1 N–H and O–H groups in total. The molecule has 0 fully saturated rings. The maximum absolute atomic E-state index is 10.7. The third-order valence-electron chi connectivity index (χ3n) is 2.24. The standard InChI is InChI=1S/C10H7N2O2/c11-7-10(12(13)14)6-9(10)8-4-2-1-3-5-8/h1-6,13H/q-1. The smallest absolute Gasteiger partial charge is 0.164 e. The van der Waals surface area contributed by atoms with E-state index in [0.29, 0.717) is 5.57 Å². The molecule has 1 atom stereocenters. The summed E-state index contributed by atoms with van der Waals surface area (Å²) in [6.07, 6.45) is 1.44. The molecule has 70 valence electrons. The first-order valence-corrected chi connectivity index (χ1v) is 4.07. The van der Waals surface area contributed by atoms with Crippen LogP contribution in [0.25, 0.3) is 5.57 Å². The van der Waals surface area contributed by atoms with Gasteiger partial charge in [-0.3, -0.25) is 0 Å². The van der Waals surface area contributed by atoms with E-state index in [0.717, 1.165) is 5.56 Å². The highest BCUT2D eigenvalue weighted by atomic mass is 16.8. The quantitative estimate of drug-likeness (QED) is 0.713. The van der Waals surface area contributed by atoms with Crippen LogP contribution in [0.4, 0.5) is 0 Å². The molecule has 1 aliphatic rings. The van der Waals surface area contributed by atoms with Crippen molar-refractivity contribution >= 4 is 5.57 Å². The van der Waals surface area contributed by atoms with Crippen LogP contribution in [0.5, 0.6) is 0 Å². The predicted molar refractivity (Wildman–Crippen MR) is 49.8 cm³/mol. The zero-order valence-corrected chi connectivity index (χ0v) is 7.21. The molecule has 0 aliphatic heterocycles. The first-order chi connectivity index (χ1) is 6.70. The van der Waals surface area contributed by atoms with Gasteiger partial charge in [0.25, 0.3) is 0 Å². The minimum Gasteiger partial charge on any atom is -0.760 e. The van der Waals surface area contributed by atoms with Crippen molar-refractivity contribution in [3.8, 4) is 6.07 Å². The van der Waals surface area contributed by atoms with Crippen LogP contribution in [0, 0.1) is 16.5 Å². The van der Waals surface area contributed by atoms with Gasteiger partial charge in [0.2, 0.25) is 0 Å². The van der Waals surface area contributed by atoms with Crippen molar-refractivity contribution in [3.63, 3.8) is 0 Å². The Morgan fingerprint density at radius 1 is 1.36 bits per heavy atom. The second-order valence-corrected chi connectivity index (χ2v) is 3.08. The van der Waals surface area contributed by atoms with Crippen LogP contribution in [0.15, 0.2) is 36.4 Å². The monoisotopic (exact) mass is 187 g/mol. The summed E-state index contributed by atoms with van der Waals surface area (Å²) < 4.78 is 0. The van der Waals surface area contributed by atoms with E-state index in [1.807, 2.05) is 18.2 Å². The topological polar surface area (TPSA) is 70.3 Å². The summed E-state index contributed by atoms with van der Waals surface area (Å²) in [6.45, 7) is 0. The molecule has 0 aromatic heterocycles. The van der Waals surface area contributed by atoms with Crippen LogP contribution in [-0.4, -0.2) is 16.0 Å². The Morgan fingerprint density at radius 2 is 2.00 bits per heavy atom. The van der Waals surface area contributed by atoms with Crippen molar-refractivity contribution in [2.45, 2.75) is 5.54 Å². The number of nitrogens with zero attached hydrogens (tertiary/aromatic N) is 2. The SMILES string of the molecule is N#CC1(N([O-])O)C=C1c1ccccc1. The van der Waals surface area contributed by atoms with Crippen molar-refractivity contribution in [2.75, 3.05) is 0 Å². The van der Waals surface area contributed by atoms with Gasteiger partial charge in [-0.15, -0.1) is 0 Å². The van der Waals surface area contributed by atoms with E-state index in [2.05, 4.69) is 0 Å². The van der Waals surface area contributed by atoms with Gasteiger partial charge < -0.3 is 10.4 Å². The first kappa shape index (κ1) is 8.91. The second-order valence-electron chi connectivity index (χ2n) is 3.08. The van der Waals surface area contributed by atoms with Crippen LogP contribution in [-0.2, 0) is 0 Å². The van der Waals surface area contributed by atoms with Gasteiger partial charge in [0.05, 0.1) is 6.07 Å². The minimum absolute atomic E-state index is 0.310. The van der Waals surface area contributed by atoms with E-state index in [1.165, 1.54) is 6.08 Å². The van der Waals surface area contributed by atoms with Crippen LogP contribution in [0.1, 0.15) is 5.56 Å². The van der Waals surface area contributed by atoms with E-state index in [9.17, 15) is 5.21 Å². The molecule has 1 aromatic rings. The van der Waals surface area contributed by atoms with Crippen molar-refractivity contribution in [2.24, 2.45) is 0 Å². The Balaban J connectivity index is 2.28. The molecule has 0 spiro atoms. The molecule has 4 heteroatoms. The van der Waals surface area contributed by atoms with Gasteiger partial charge >= 0.3 is 0 Å². The van der Waals surface area contributed by atoms with Crippen molar-refractivity contribution in [1.29, 1.82) is 5.26 Å². The molecule has 0 heterocycles. The average Bonchev–Trinajstić information content (AvgIpc) is 2.95. The summed E-state index contributed by atoms with van der Waals surface area (Å²) in [5.41, 5.74) is -0.122.